The van der Waals surface area contributed by atoms with Crippen molar-refractivity contribution in [2.24, 2.45) is 22.2 Å². The van der Waals surface area contributed by atoms with E-state index in [9.17, 15) is 29.1 Å². The van der Waals surface area contributed by atoms with E-state index in [1.807, 2.05) is 5.32 Å². The van der Waals surface area contributed by atoms with Crippen LogP contribution in [0.2, 0.25) is 0 Å². The Morgan fingerprint density at radius 2 is 1.52 bits per heavy atom. The first-order chi connectivity index (χ1) is 15.3. The number of thiol groups is 1. The predicted octanol–water partition coefficient (Wildman–Crippen LogP) is -4.31. The largest absolute Gasteiger partial charge is 0.481 e. The smallest absolute Gasteiger partial charge is 0.328 e. The molecule has 0 aliphatic heterocycles. The van der Waals surface area contributed by atoms with Crippen LogP contribution in [0.25, 0.3) is 0 Å². The maximum Gasteiger partial charge on any atom is 0.328 e. The third-order valence-corrected chi connectivity index (χ3v) is 4.56. The number of aliphatic imine (C=N–C) groups is 1. The molecule has 33 heavy (non-hydrogen) atoms. The standard InChI is InChI=1S/C17H31N7O8S/c1-7(25)12(16(31)32)24-15(30)10(5-11(26)27)23-14(29)9(3-2-4-21-17(19)20)22-13(28)8(18)6-33/h7-10,12,25,33H,2-6,18H2,1H3,(H,22,28)(H,23,29)(H,24,30)(H,26,27)(H,31,32)(H4,19,20,21). The first-order valence-corrected chi connectivity index (χ1v) is 10.4. The summed E-state index contributed by atoms with van der Waals surface area (Å²) in [7, 11) is 0. The van der Waals surface area contributed by atoms with Gasteiger partial charge < -0.3 is 48.5 Å². The quantitative estimate of drug-likeness (QED) is 0.0451. The van der Waals surface area contributed by atoms with Gasteiger partial charge in [-0.1, -0.05) is 0 Å². The first kappa shape index (κ1) is 29.9. The molecule has 0 saturated carbocycles. The molecule has 0 spiro atoms. The number of carbonyl (C=O) groups excluding carboxylic acids is 3. The Morgan fingerprint density at radius 1 is 0.970 bits per heavy atom. The molecule has 0 bridgehead atoms. The SMILES string of the molecule is CC(O)C(NC(=O)C(CC(=O)O)NC(=O)C(CCCN=C(N)N)NC(=O)C(N)CS)C(=O)O. The first-order valence-electron chi connectivity index (χ1n) is 9.75. The number of hydrogen-bond donors (Lipinski definition) is 10. The van der Waals surface area contributed by atoms with Crippen LogP contribution in [0.15, 0.2) is 4.99 Å². The summed E-state index contributed by atoms with van der Waals surface area (Å²) in [6.07, 6.45) is -2.17. The van der Waals surface area contributed by atoms with Crippen LogP contribution in [0.3, 0.4) is 0 Å². The average Bonchev–Trinajstić information content (AvgIpc) is 2.71. The summed E-state index contributed by atoms with van der Waals surface area (Å²) in [5.74, 6) is -6.03. The fraction of sp³-hybridized carbons (Fsp3) is 0.647. The van der Waals surface area contributed by atoms with Gasteiger partial charge in [0.2, 0.25) is 17.7 Å². The topological polar surface area (TPSA) is 273 Å². The van der Waals surface area contributed by atoms with Crippen LogP contribution in [0.5, 0.6) is 0 Å². The number of aliphatic hydroxyl groups excluding tert-OH is 1. The van der Waals surface area contributed by atoms with E-state index >= 15 is 0 Å². The Bertz CT molecular complexity index is 745. The number of guanidine groups is 1. The fourth-order valence-corrected chi connectivity index (χ4v) is 2.60. The molecule has 16 heteroatoms. The zero-order valence-electron chi connectivity index (χ0n) is 17.9. The van der Waals surface area contributed by atoms with Gasteiger partial charge in [0.05, 0.1) is 18.6 Å². The molecule has 0 aliphatic carbocycles. The lowest BCUT2D eigenvalue weighted by molar-refractivity contribution is -0.146. The number of aliphatic carboxylic acids is 2. The van der Waals surface area contributed by atoms with Crippen molar-refractivity contribution in [3.05, 3.63) is 0 Å². The second kappa shape index (κ2) is 14.9. The summed E-state index contributed by atoms with van der Waals surface area (Å²) in [6.45, 7) is 1.23. The molecule has 0 aromatic rings. The number of rotatable bonds is 15. The molecule has 0 aliphatic rings. The van der Waals surface area contributed by atoms with E-state index in [2.05, 4.69) is 28.3 Å². The number of nitrogens with two attached hydrogens (primary N) is 3. The highest BCUT2D eigenvalue weighted by atomic mass is 32.1. The maximum atomic E-state index is 12.8. The Balaban J connectivity index is 5.54. The van der Waals surface area contributed by atoms with Crippen molar-refractivity contribution in [1.29, 1.82) is 0 Å². The number of carboxylic acids is 2. The van der Waals surface area contributed by atoms with Gasteiger partial charge in [0.1, 0.15) is 12.1 Å². The summed E-state index contributed by atoms with van der Waals surface area (Å²) in [5.41, 5.74) is 16.0. The molecule has 0 aromatic heterocycles. The molecule has 0 radical (unpaired) electrons. The number of amides is 3. The maximum absolute atomic E-state index is 12.8. The van der Waals surface area contributed by atoms with Gasteiger partial charge in [0.15, 0.2) is 12.0 Å². The third-order valence-electron chi connectivity index (χ3n) is 4.17. The van der Waals surface area contributed by atoms with Gasteiger partial charge in [-0.05, 0) is 19.8 Å². The molecule has 5 atom stereocenters. The highest BCUT2D eigenvalue weighted by Crippen LogP contribution is 2.04. The second-order valence-corrected chi connectivity index (χ2v) is 7.39. The Hall–Kier alpha value is -3.11. The van der Waals surface area contributed by atoms with Gasteiger partial charge in [-0.3, -0.25) is 24.2 Å². The molecule has 0 saturated heterocycles. The minimum atomic E-state index is -1.74. The highest BCUT2D eigenvalue weighted by molar-refractivity contribution is 7.80. The summed E-state index contributed by atoms with van der Waals surface area (Å²) < 4.78 is 0. The lowest BCUT2D eigenvalue weighted by atomic mass is 10.1. The van der Waals surface area contributed by atoms with E-state index in [4.69, 9.17) is 27.4 Å². The molecule has 0 fully saturated rings. The van der Waals surface area contributed by atoms with Crippen molar-refractivity contribution in [2.45, 2.75) is 56.5 Å². The Morgan fingerprint density at radius 3 is 1.97 bits per heavy atom. The van der Waals surface area contributed by atoms with E-state index in [1.54, 1.807) is 0 Å². The minimum absolute atomic E-state index is 0.000476. The van der Waals surface area contributed by atoms with Crippen LogP contribution in [-0.2, 0) is 24.0 Å². The van der Waals surface area contributed by atoms with Gasteiger partial charge in [-0.2, -0.15) is 12.6 Å². The average molecular weight is 494 g/mol. The minimum Gasteiger partial charge on any atom is -0.481 e. The zero-order chi connectivity index (χ0) is 25.7. The van der Waals surface area contributed by atoms with Crippen LogP contribution in [0.4, 0.5) is 0 Å². The number of nitrogens with zero attached hydrogens (tertiary/aromatic N) is 1. The van der Waals surface area contributed by atoms with E-state index in [1.165, 1.54) is 0 Å². The zero-order valence-corrected chi connectivity index (χ0v) is 18.8. The van der Waals surface area contributed by atoms with Crippen LogP contribution < -0.4 is 33.2 Å². The number of hydrogen-bond acceptors (Lipinski definition) is 9. The van der Waals surface area contributed by atoms with E-state index in [-0.39, 0.29) is 31.1 Å². The molecule has 3 amide bonds. The third kappa shape index (κ3) is 11.9. The second-order valence-electron chi connectivity index (χ2n) is 7.02. The van der Waals surface area contributed by atoms with Gasteiger partial charge in [0, 0.05) is 12.3 Å². The molecular weight excluding hydrogens is 462 g/mol. The molecule has 0 heterocycles. The Kier molecular flexibility index (Phi) is 13.5. The lowest BCUT2D eigenvalue weighted by Crippen LogP contribution is -2.58. The van der Waals surface area contributed by atoms with Crippen molar-refractivity contribution in [3.8, 4) is 0 Å². The molecule has 188 valence electrons. The van der Waals surface area contributed by atoms with Crippen molar-refractivity contribution in [2.75, 3.05) is 12.3 Å². The van der Waals surface area contributed by atoms with Crippen LogP contribution >= 0.6 is 12.6 Å². The van der Waals surface area contributed by atoms with Gasteiger partial charge in [0.25, 0.3) is 0 Å². The summed E-state index contributed by atoms with van der Waals surface area (Å²) in [4.78, 5) is 63.4. The van der Waals surface area contributed by atoms with Gasteiger partial charge in [-0.25, -0.2) is 4.79 Å². The van der Waals surface area contributed by atoms with Crippen LogP contribution in [-0.4, -0.2) is 93.5 Å². The highest BCUT2D eigenvalue weighted by Gasteiger charge is 2.32. The predicted molar refractivity (Wildman–Crippen MR) is 119 cm³/mol. The van der Waals surface area contributed by atoms with E-state index in [0.29, 0.717) is 0 Å². The van der Waals surface area contributed by atoms with Crippen molar-refractivity contribution < 1.29 is 39.3 Å². The normalized spacial score (nSPS) is 15.2. The summed E-state index contributed by atoms with van der Waals surface area (Å²) in [5, 5.41) is 34.2. The number of carbonyl (C=O) groups is 5. The molecule has 0 aromatic carbocycles. The summed E-state index contributed by atoms with van der Waals surface area (Å²) in [6, 6.07) is -5.73. The lowest BCUT2D eigenvalue weighted by Gasteiger charge is -2.25. The van der Waals surface area contributed by atoms with Gasteiger partial charge in [-0.15, -0.1) is 0 Å². The van der Waals surface area contributed by atoms with Crippen molar-refractivity contribution >= 4 is 48.2 Å². The van der Waals surface area contributed by atoms with E-state index in [0.717, 1.165) is 6.92 Å². The van der Waals surface area contributed by atoms with E-state index < -0.39 is 66.4 Å². The van der Waals surface area contributed by atoms with Crippen LogP contribution in [0, 0.1) is 0 Å². The molecule has 5 unspecified atom stereocenters. The fourth-order valence-electron chi connectivity index (χ4n) is 2.43. The number of aliphatic hydroxyl groups is 1. The Labute approximate surface area is 194 Å². The van der Waals surface area contributed by atoms with Gasteiger partial charge >= 0.3 is 11.9 Å². The molecule has 15 nitrogen and oxygen atoms in total. The molecule has 12 N–H and O–H groups in total. The molecule has 0 rings (SSSR count). The number of carboxylic acid groups (broad SMARTS) is 2. The molecular formula is C17H31N7O8S. The van der Waals surface area contributed by atoms with Crippen LogP contribution in [0.1, 0.15) is 26.2 Å². The monoisotopic (exact) mass is 493 g/mol. The summed E-state index contributed by atoms with van der Waals surface area (Å²) >= 11 is 3.90. The van der Waals surface area contributed by atoms with Crippen molar-refractivity contribution in [3.63, 3.8) is 0 Å². The van der Waals surface area contributed by atoms with Crippen molar-refractivity contribution in [1.82, 2.24) is 16.0 Å². The number of nitrogens with one attached hydrogen (secondary N) is 3.